The Hall–Kier alpha value is -1.05. The van der Waals surface area contributed by atoms with Crippen LogP contribution >= 0.6 is 0 Å². The molecule has 1 heterocycles. The van der Waals surface area contributed by atoms with Gasteiger partial charge < -0.3 is 0 Å². The van der Waals surface area contributed by atoms with Crippen LogP contribution in [0, 0.1) is 13.8 Å². The van der Waals surface area contributed by atoms with Crippen LogP contribution in [0.15, 0.2) is 23.0 Å². The molecule has 0 aliphatic carbocycles. The Kier molecular flexibility index (Phi) is 2.22. The minimum atomic E-state index is -0.0962. The Balaban J connectivity index is 2.99. The van der Waals surface area contributed by atoms with Gasteiger partial charge in [-0.1, -0.05) is 0 Å². The van der Waals surface area contributed by atoms with Crippen molar-refractivity contribution in [3.8, 4) is 4.62 Å². The summed E-state index contributed by atoms with van der Waals surface area (Å²) in [5.41, 5.74) is 1.56. The van der Waals surface area contributed by atoms with Gasteiger partial charge in [-0.15, -0.1) is 0 Å². The van der Waals surface area contributed by atoms with Crippen molar-refractivity contribution >= 4 is 24.1 Å². The Morgan fingerprint density at radius 3 is 2.71 bits per heavy atom. The fraction of sp³-hybridized carbons (Fsp3) is 0.182. The summed E-state index contributed by atoms with van der Waals surface area (Å²) in [4.78, 5) is 11.8. The van der Waals surface area contributed by atoms with Crippen LogP contribution in [0.1, 0.15) is 11.1 Å². The monoisotopic (exact) mass is 254 g/mol. The van der Waals surface area contributed by atoms with Crippen LogP contribution in [0.25, 0.3) is 9.65 Å². The zero-order chi connectivity index (χ0) is 10.3. The number of benzene rings is 1. The SMILES string of the molecule is Cc1ccc2[se]c(O)c(C)c(=O)c2c1. The molecule has 1 aromatic carbocycles. The first kappa shape index (κ1) is 9.50. The molecule has 0 unspecified atom stereocenters. The minimum absolute atomic E-state index is 0.0330. The molecule has 0 aliphatic rings. The van der Waals surface area contributed by atoms with E-state index in [-0.39, 0.29) is 24.6 Å². The van der Waals surface area contributed by atoms with E-state index in [1.54, 1.807) is 6.92 Å². The van der Waals surface area contributed by atoms with E-state index in [1.807, 2.05) is 25.1 Å². The van der Waals surface area contributed by atoms with Gasteiger partial charge in [-0.2, -0.15) is 0 Å². The molecule has 1 N–H and O–H groups in total. The number of aromatic hydroxyl groups is 1. The van der Waals surface area contributed by atoms with Crippen LogP contribution in [-0.4, -0.2) is 19.6 Å². The van der Waals surface area contributed by atoms with Gasteiger partial charge in [-0.05, 0) is 0 Å². The quantitative estimate of drug-likeness (QED) is 0.724. The summed E-state index contributed by atoms with van der Waals surface area (Å²) in [7, 11) is 0. The van der Waals surface area contributed by atoms with E-state index in [2.05, 4.69) is 0 Å². The summed E-state index contributed by atoms with van der Waals surface area (Å²) in [6.45, 7) is 3.65. The fourth-order valence-electron chi connectivity index (χ4n) is 1.39. The van der Waals surface area contributed by atoms with Gasteiger partial charge in [0.2, 0.25) is 0 Å². The fourth-order valence-corrected chi connectivity index (χ4v) is 3.18. The summed E-state index contributed by atoms with van der Waals surface area (Å²) in [6.07, 6.45) is 0. The van der Waals surface area contributed by atoms with Crippen molar-refractivity contribution in [1.82, 2.24) is 0 Å². The Morgan fingerprint density at radius 2 is 2.00 bits per heavy atom. The molecule has 2 aromatic rings. The molecule has 1 aromatic heterocycles. The number of rotatable bonds is 0. The van der Waals surface area contributed by atoms with E-state index in [4.69, 9.17) is 0 Å². The normalized spacial score (nSPS) is 10.7. The summed E-state index contributed by atoms with van der Waals surface area (Å²) >= 11 is -0.0962. The third-order valence-electron chi connectivity index (χ3n) is 2.25. The third-order valence-corrected chi connectivity index (χ3v) is 4.50. The molecule has 0 bridgehead atoms. The Morgan fingerprint density at radius 1 is 1.29 bits per heavy atom. The van der Waals surface area contributed by atoms with E-state index in [0.29, 0.717) is 5.56 Å². The zero-order valence-corrected chi connectivity index (χ0v) is 9.71. The summed E-state index contributed by atoms with van der Waals surface area (Å²) in [5, 5.41) is 10.3. The molecule has 0 aliphatic heterocycles. The second-order valence-corrected chi connectivity index (χ2v) is 5.52. The summed E-state index contributed by atoms with van der Waals surface area (Å²) in [5.74, 6) is 0. The van der Waals surface area contributed by atoms with E-state index < -0.39 is 0 Å². The van der Waals surface area contributed by atoms with Gasteiger partial charge >= 0.3 is 87.3 Å². The molecule has 0 saturated heterocycles. The van der Waals surface area contributed by atoms with E-state index in [1.165, 1.54) is 0 Å². The van der Waals surface area contributed by atoms with Gasteiger partial charge in [0.1, 0.15) is 0 Å². The van der Waals surface area contributed by atoms with Crippen LogP contribution in [-0.2, 0) is 0 Å². The Bertz CT molecular complexity index is 555. The van der Waals surface area contributed by atoms with Crippen molar-refractivity contribution in [3.05, 3.63) is 39.5 Å². The van der Waals surface area contributed by atoms with Crippen molar-refractivity contribution in [3.63, 3.8) is 0 Å². The average Bonchev–Trinajstić information content (AvgIpc) is 2.16. The maximum atomic E-state index is 11.8. The third kappa shape index (κ3) is 1.39. The molecular weight excluding hydrogens is 243 g/mol. The summed E-state index contributed by atoms with van der Waals surface area (Å²) < 4.78 is 1.25. The van der Waals surface area contributed by atoms with Gasteiger partial charge in [0, 0.05) is 0 Å². The second-order valence-electron chi connectivity index (χ2n) is 3.36. The first-order valence-electron chi connectivity index (χ1n) is 4.32. The molecule has 0 fully saturated rings. The van der Waals surface area contributed by atoms with Gasteiger partial charge in [0.25, 0.3) is 0 Å². The molecular formula is C11H10O2Se. The first-order valence-corrected chi connectivity index (χ1v) is 6.04. The van der Waals surface area contributed by atoms with Crippen LogP contribution in [0.3, 0.4) is 0 Å². The molecule has 2 nitrogen and oxygen atoms in total. The molecule has 0 atom stereocenters. The first-order chi connectivity index (χ1) is 6.59. The summed E-state index contributed by atoms with van der Waals surface area (Å²) in [6, 6.07) is 5.81. The molecule has 0 amide bonds. The van der Waals surface area contributed by atoms with Crippen LogP contribution in [0.4, 0.5) is 0 Å². The number of fused-ring (bicyclic) bond motifs is 1. The molecule has 0 radical (unpaired) electrons. The number of hydrogen-bond donors (Lipinski definition) is 1. The van der Waals surface area contributed by atoms with E-state index >= 15 is 0 Å². The Labute approximate surface area is 87.6 Å². The predicted molar refractivity (Wildman–Crippen MR) is 58.3 cm³/mol. The van der Waals surface area contributed by atoms with Crippen LogP contribution in [0.2, 0.25) is 0 Å². The molecule has 14 heavy (non-hydrogen) atoms. The second kappa shape index (κ2) is 3.26. The molecule has 2 rings (SSSR count). The zero-order valence-electron chi connectivity index (χ0n) is 8.00. The molecule has 0 saturated carbocycles. The molecule has 0 spiro atoms. The van der Waals surface area contributed by atoms with E-state index in [0.717, 1.165) is 15.2 Å². The van der Waals surface area contributed by atoms with Gasteiger partial charge in [0.15, 0.2) is 0 Å². The topological polar surface area (TPSA) is 37.3 Å². The molecule has 72 valence electrons. The van der Waals surface area contributed by atoms with Crippen molar-refractivity contribution < 1.29 is 5.11 Å². The van der Waals surface area contributed by atoms with Crippen LogP contribution < -0.4 is 5.43 Å². The van der Waals surface area contributed by atoms with Crippen LogP contribution in [0.5, 0.6) is 4.62 Å². The standard InChI is InChI=1S/C11H10O2Se/c1-6-3-4-9-8(5-6)10(12)7(2)11(13)14-9/h3-5,13H,1-2H3. The van der Waals surface area contributed by atoms with Crippen molar-refractivity contribution in [2.75, 3.05) is 0 Å². The van der Waals surface area contributed by atoms with E-state index in [9.17, 15) is 9.90 Å². The van der Waals surface area contributed by atoms with Gasteiger partial charge in [-0.3, -0.25) is 0 Å². The maximum absolute atomic E-state index is 11.8. The van der Waals surface area contributed by atoms with Crippen molar-refractivity contribution in [2.24, 2.45) is 0 Å². The molecule has 3 heteroatoms. The van der Waals surface area contributed by atoms with Gasteiger partial charge in [-0.25, -0.2) is 0 Å². The van der Waals surface area contributed by atoms with Crippen molar-refractivity contribution in [1.29, 1.82) is 0 Å². The van der Waals surface area contributed by atoms with Crippen molar-refractivity contribution in [2.45, 2.75) is 13.8 Å². The predicted octanol–water partition coefficient (Wildman–Crippen LogP) is 1.58. The van der Waals surface area contributed by atoms with Gasteiger partial charge in [0.05, 0.1) is 0 Å². The number of hydrogen-bond acceptors (Lipinski definition) is 2. The number of aryl methyl sites for hydroxylation is 1. The average molecular weight is 253 g/mol.